The van der Waals surface area contributed by atoms with Crippen molar-refractivity contribution in [3.8, 4) is 0 Å². The van der Waals surface area contributed by atoms with Crippen LogP contribution in [0.3, 0.4) is 0 Å². The van der Waals surface area contributed by atoms with Gasteiger partial charge in [0.25, 0.3) is 0 Å². The quantitative estimate of drug-likeness (QED) is 0.0321. The molecule has 0 saturated heterocycles. The van der Waals surface area contributed by atoms with Crippen LogP contribution in [0.15, 0.2) is 12.2 Å². The number of aliphatic hydroxyl groups is 2. The predicted octanol–water partition coefficient (Wildman–Crippen LogP) is 18.1. The number of allylic oxidation sites excluding steroid dienone is 2. The van der Waals surface area contributed by atoms with E-state index in [-0.39, 0.29) is 18.5 Å². The third-order valence-electron chi connectivity index (χ3n) is 13.8. The van der Waals surface area contributed by atoms with Crippen LogP contribution in [0, 0.1) is 0 Å². The smallest absolute Gasteiger partial charge is 0.305 e. The molecule has 0 aromatic heterocycles. The van der Waals surface area contributed by atoms with Crippen molar-refractivity contribution in [2.24, 2.45) is 0 Å². The van der Waals surface area contributed by atoms with Gasteiger partial charge in [-0.1, -0.05) is 276 Å². The van der Waals surface area contributed by atoms with Gasteiger partial charge in [0.05, 0.1) is 25.4 Å². The van der Waals surface area contributed by atoms with Crippen LogP contribution in [0.4, 0.5) is 0 Å². The molecule has 0 aliphatic rings. The number of rotatable bonds is 55. The van der Waals surface area contributed by atoms with Gasteiger partial charge in [0.1, 0.15) is 0 Å². The standard InChI is InChI=1S/C59H115NO5/c1-3-5-7-9-11-13-15-17-19-20-21-25-29-33-37-41-45-49-53-59(64)65-54-50-46-42-38-34-30-26-22-24-28-32-36-40-44-48-52-58(63)60-56(55-61)57(62)51-47-43-39-35-31-27-23-18-16-14-12-10-8-6-4-2/h19-20,56-57,61-62H,3-18,21-55H2,1-2H3,(H,60,63)/b20-19-. The molecule has 0 rings (SSSR count). The van der Waals surface area contributed by atoms with Crippen molar-refractivity contribution < 1.29 is 24.5 Å². The largest absolute Gasteiger partial charge is 0.466 e. The van der Waals surface area contributed by atoms with Crippen molar-refractivity contribution >= 4 is 11.9 Å². The Morgan fingerprint density at radius 2 is 0.723 bits per heavy atom. The maximum Gasteiger partial charge on any atom is 0.305 e. The summed E-state index contributed by atoms with van der Waals surface area (Å²) in [6.07, 6.45) is 64.8. The second kappa shape index (κ2) is 55.2. The van der Waals surface area contributed by atoms with Gasteiger partial charge in [-0.2, -0.15) is 0 Å². The molecule has 0 aliphatic carbocycles. The normalized spacial score (nSPS) is 12.6. The molecule has 65 heavy (non-hydrogen) atoms. The number of ether oxygens (including phenoxy) is 1. The van der Waals surface area contributed by atoms with Gasteiger partial charge < -0.3 is 20.3 Å². The molecule has 0 aromatic rings. The monoisotopic (exact) mass is 918 g/mol. The lowest BCUT2D eigenvalue weighted by Gasteiger charge is -2.22. The summed E-state index contributed by atoms with van der Waals surface area (Å²) in [4.78, 5) is 24.6. The zero-order chi connectivity index (χ0) is 47.2. The minimum atomic E-state index is -0.669. The first-order valence-electron chi connectivity index (χ1n) is 29.4. The van der Waals surface area contributed by atoms with Gasteiger partial charge in [-0.25, -0.2) is 0 Å². The number of amides is 1. The number of unbranched alkanes of at least 4 members (excludes halogenated alkanes) is 42. The number of nitrogens with one attached hydrogen (secondary N) is 1. The average Bonchev–Trinajstić information content (AvgIpc) is 3.31. The van der Waals surface area contributed by atoms with Gasteiger partial charge in [-0.05, 0) is 51.4 Å². The fourth-order valence-corrected chi connectivity index (χ4v) is 9.28. The second-order valence-electron chi connectivity index (χ2n) is 20.3. The van der Waals surface area contributed by atoms with Crippen molar-refractivity contribution in [2.75, 3.05) is 13.2 Å². The first-order chi connectivity index (χ1) is 32.0. The molecule has 0 bridgehead atoms. The highest BCUT2D eigenvalue weighted by molar-refractivity contribution is 5.76. The fourth-order valence-electron chi connectivity index (χ4n) is 9.28. The van der Waals surface area contributed by atoms with E-state index in [1.807, 2.05) is 0 Å². The van der Waals surface area contributed by atoms with E-state index in [4.69, 9.17) is 4.74 Å². The van der Waals surface area contributed by atoms with Crippen LogP contribution >= 0.6 is 0 Å². The van der Waals surface area contributed by atoms with E-state index >= 15 is 0 Å². The molecular weight excluding hydrogens is 803 g/mol. The Kier molecular flexibility index (Phi) is 54.0. The maximum atomic E-state index is 12.5. The lowest BCUT2D eigenvalue weighted by atomic mass is 10.0. The molecule has 0 fully saturated rings. The summed E-state index contributed by atoms with van der Waals surface area (Å²) < 4.78 is 5.49. The van der Waals surface area contributed by atoms with Gasteiger partial charge >= 0.3 is 5.97 Å². The molecule has 2 atom stereocenters. The highest BCUT2D eigenvalue weighted by atomic mass is 16.5. The molecule has 0 spiro atoms. The van der Waals surface area contributed by atoms with Crippen LogP contribution in [0.1, 0.15) is 328 Å². The van der Waals surface area contributed by atoms with Crippen LogP contribution in [0.2, 0.25) is 0 Å². The van der Waals surface area contributed by atoms with E-state index in [0.717, 1.165) is 44.9 Å². The Labute approximate surface area is 406 Å². The number of aliphatic hydroxyl groups excluding tert-OH is 2. The maximum absolute atomic E-state index is 12.5. The third kappa shape index (κ3) is 51.8. The molecule has 1 amide bonds. The molecule has 0 aromatic carbocycles. The highest BCUT2D eigenvalue weighted by Gasteiger charge is 2.20. The third-order valence-corrected chi connectivity index (χ3v) is 13.8. The van der Waals surface area contributed by atoms with E-state index in [1.165, 1.54) is 250 Å². The Morgan fingerprint density at radius 3 is 1.09 bits per heavy atom. The van der Waals surface area contributed by atoms with Crippen LogP contribution in [0.25, 0.3) is 0 Å². The zero-order valence-corrected chi connectivity index (χ0v) is 44.0. The summed E-state index contributed by atoms with van der Waals surface area (Å²) in [5.41, 5.74) is 0. The van der Waals surface area contributed by atoms with Crippen LogP contribution in [0.5, 0.6) is 0 Å². The van der Waals surface area contributed by atoms with Gasteiger partial charge in [0.2, 0.25) is 5.91 Å². The molecule has 0 radical (unpaired) electrons. The number of carbonyl (C=O) groups is 2. The molecule has 2 unspecified atom stereocenters. The predicted molar refractivity (Wildman–Crippen MR) is 283 cm³/mol. The Balaban J connectivity index is 3.41. The SMILES string of the molecule is CCCCCCCCC/C=C\CCCCCCCCCC(=O)OCCCCCCCCCCCCCCCCCC(=O)NC(CO)C(O)CCCCCCCCCCCCCCCCC. The summed E-state index contributed by atoms with van der Waals surface area (Å²) in [5, 5.41) is 23.3. The number of esters is 1. The van der Waals surface area contributed by atoms with Crippen molar-refractivity contribution in [3.63, 3.8) is 0 Å². The lowest BCUT2D eigenvalue weighted by Crippen LogP contribution is -2.45. The molecule has 3 N–H and O–H groups in total. The summed E-state index contributed by atoms with van der Waals surface area (Å²) in [6, 6.07) is -0.547. The summed E-state index contributed by atoms with van der Waals surface area (Å²) >= 11 is 0. The highest BCUT2D eigenvalue weighted by Crippen LogP contribution is 2.17. The molecule has 6 heteroatoms. The summed E-state index contributed by atoms with van der Waals surface area (Å²) in [5.74, 6) is -0.0429. The topological polar surface area (TPSA) is 95.9 Å². The van der Waals surface area contributed by atoms with Gasteiger partial charge in [-0.15, -0.1) is 0 Å². The average molecular weight is 919 g/mol. The molecule has 0 saturated carbocycles. The summed E-state index contributed by atoms with van der Waals surface area (Å²) in [7, 11) is 0. The Hall–Kier alpha value is -1.40. The van der Waals surface area contributed by atoms with Crippen LogP contribution in [-0.2, 0) is 14.3 Å². The van der Waals surface area contributed by atoms with Crippen molar-refractivity contribution in [3.05, 3.63) is 12.2 Å². The molecule has 386 valence electrons. The van der Waals surface area contributed by atoms with E-state index in [0.29, 0.717) is 25.9 Å². The van der Waals surface area contributed by atoms with Gasteiger partial charge in [0, 0.05) is 12.8 Å². The first kappa shape index (κ1) is 63.6. The molecule has 0 heterocycles. The van der Waals surface area contributed by atoms with E-state index in [1.54, 1.807) is 0 Å². The Morgan fingerprint density at radius 1 is 0.415 bits per heavy atom. The number of hydrogen-bond donors (Lipinski definition) is 3. The van der Waals surface area contributed by atoms with Crippen molar-refractivity contribution in [1.82, 2.24) is 5.32 Å². The molecule has 6 nitrogen and oxygen atoms in total. The van der Waals surface area contributed by atoms with E-state index in [9.17, 15) is 19.8 Å². The van der Waals surface area contributed by atoms with E-state index in [2.05, 4.69) is 31.3 Å². The first-order valence-corrected chi connectivity index (χ1v) is 29.4. The zero-order valence-electron chi connectivity index (χ0n) is 44.0. The molecular formula is C59H115NO5. The van der Waals surface area contributed by atoms with Gasteiger partial charge in [-0.3, -0.25) is 9.59 Å². The van der Waals surface area contributed by atoms with Crippen LogP contribution < -0.4 is 5.32 Å². The second-order valence-corrected chi connectivity index (χ2v) is 20.3. The Bertz CT molecular complexity index is 970. The van der Waals surface area contributed by atoms with E-state index < -0.39 is 12.1 Å². The van der Waals surface area contributed by atoms with Crippen molar-refractivity contribution in [2.45, 2.75) is 341 Å². The fraction of sp³-hybridized carbons (Fsp3) is 0.932. The number of hydrogen-bond acceptors (Lipinski definition) is 5. The lowest BCUT2D eigenvalue weighted by molar-refractivity contribution is -0.143. The number of carbonyl (C=O) groups excluding carboxylic acids is 2. The van der Waals surface area contributed by atoms with Crippen molar-refractivity contribution in [1.29, 1.82) is 0 Å². The van der Waals surface area contributed by atoms with Gasteiger partial charge in [0.15, 0.2) is 0 Å². The summed E-state index contributed by atoms with van der Waals surface area (Å²) in [6.45, 7) is 4.95. The molecule has 0 aliphatic heterocycles. The van der Waals surface area contributed by atoms with Crippen LogP contribution in [-0.4, -0.2) is 47.4 Å². The minimum absolute atomic E-state index is 0.00145. The minimum Gasteiger partial charge on any atom is -0.466 e.